The summed E-state index contributed by atoms with van der Waals surface area (Å²) in [5.74, 6) is 0.911. The van der Waals surface area contributed by atoms with E-state index in [2.05, 4.69) is 10.3 Å². The highest BCUT2D eigenvalue weighted by Crippen LogP contribution is 2.32. The Morgan fingerprint density at radius 2 is 2.00 bits per heavy atom. The number of nitrogens with one attached hydrogen (secondary N) is 1. The van der Waals surface area contributed by atoms with E-state index in [1.165, 1.54) is 0 Å². The lowest BCUT2D eigenvalue weighted by Gasteiger charge is -2.38. The summed E-state index contributed by atoms with van der Waals surface area (Å²) in [6.45, 7) is 0. The molecular formula is C22H22N2O3. The molecule has 1 fully saturated rings. The minimum absolute atomic E-state index is 0.0180. The molecule has 5 heteroatoms. The minimum atomic E-state index is -0.255. The standard InChI is InChI=1S/C22H22N2O3/c25-19-13-18(14-19)20(11-15-6-8-23-9-7-15)24-22(26)17-4-1-3-16(12-17)21-5-2-10-27-21/h1-10,12,18-20,25H,11,13-14H2,(H,24,26)/t18?,19?,20-/m0/s1. The maximum absolute atomic E-state index is 12.9. The van der Waals surface area contributed by atoms with Crippen molar-refractivity contribution in [2.45, 2.75) is 31.4 Å². The van der Waals surface area contributed by atoms with Crippen LogP contribution in [0.3, 0.4) is 0 Å². The molecular weight excluding hydrogens is 340 g/mol. The summed E-state index contributed by atoms with van der Waals surface area (Å²) >= 11 is 0. The van der Waals surface area contributed by atoms with Crippen LogP contribution in [0.15, 0.2) is 71.6 Å². The van der Waals surface area contributed by atoms with E-state index in [4.69, 9.17) is 4.42 Å². The second-order valence-electron chi connectivity index (χ2n) is 7.08. The molecule has 0 saturated heterocycles. The second-order valence-corrected chi connectivity index (χ2v) is 7.08. The van der Waals surface area contributed by atoms with Gasteiger partial charge >= 0.3 is 0 Å². The molecule has 4 rings (SSSR count). The van der Waals surface area contributed by atoms with Crippen LogP contribution >= 0.6 is 0 Å². The third-order valence-corrected chi connectivity index (χ3v) is 5.17. The first-order chi connectivity index (χ1) is 13.2. The molecule has 1 saturated carbocycles. The summed E-state index contributed by atoms with van der Waals surface area (Å²) in [6, 6.07) is 15.0. The van der Waals surface area contributed by atoms with E-state index in [1.54, 1.807) is 24.7 Å². The van der Waals surface area contributed by atoms with Crippen LogP contribution in [0.1, 0.15) is 28.8 Å². The lowest BCUT2D eigenvalue weighted by Crippen LogP contribution is -2.48. The smallest absolute Gasteiger partial charge is 0.251 e. The Bertz CT molecular complexity index is 887. The SMILES string of the molecule is O=C(N[C@@H](Cc1ccncc1)C1CC(O)C1)c1cccc(-c2ccco2)c1. The molecule has 0 radical (unpaired) electrons. The number of furan rings is 1. The van der Waals surface area contributed by atoms with Gasteiger partial charge < -0.3 is 14.8 Å². The molecule has 2 N–H and O–H groups in total. The predicted molar refractivity (Wildman–Crippen MR) is 102 cm³/mol. The first-order valence-electron chi connectivity index (χ1n) is 9.21. The number of aliphatic hydroxyl groups is 1. The van der Waals surface area contributed by atoms with E-state index in [1.807, 2.05) is 42.5 Å². The Morgan fingerprint density at radius 1 is 1.19 bits per heavy atom. The van der Waals surface area contributed by atoms with E-state index in [9.17, 15) is 9.90 Å². The van der Waals surface area contributed by atoms with Gasteiger partial charge in [0.1, 0.15) is 5.76 Å². The van der Waals surface area contributed by atoms with Crippen molar-refractivity contribution < 1.29 is 14.3 Å². The van der Waals surface area contributed by atoms with E-state index in [0.717, 1.165) is 36.1 Å². The number of amides is 1. The summed E-state index contributed by atoms with van der Waals surface area (Å²) in [7, 11) is 0. The maximum Gasteiger partial charge on any atom is 0.251 e. The summed E-state index contributed by atoms with van der Waals surface area (Å²) in [5, 5.41) is 12.9. The highest BCUT2D eigenvalue weighted by molar-refractivity contribution is 5.95. The van der Waals surface area contributed by atoms with Crippen LogP contribution in [0.25, 0.3) is 11.3 Å². The maximum atomic E-state index is 12.9. The number of aliphatic hydroxyl groups excluding tert-OH is 1. The molecule has 2 heterocycles. The van der Waals surface area contributed by atoms with Gasteiger partial charge in [-0.2, -0.15) is 0 Å². The van der Waals surface area contributed by atoms with Gasteiger partial charge in [-0.15, -0.1) is 0 Å². The molecule has 1 aromatic carbocycles. The van der Waals surface area contributed by atoms with Crippen molar-refractivity contribution in [1.82, 2.24) is 10.3 Å². The van der Waals surface area contributed by atoms with Crippen molar-refractivity contribution in [2.75, 3.05) is 0 Å². The highest BCUT2D eigenvalue weighted by Gasteiger charge is 2.34. The first kappa shape index (κ1) is 17.5. The number of carbonyl (C=O) groups is 1. The number of carbonyl (C=O) groups excluding carboxylic acids is 1. The summed E-state index contributed by atoms with van der Waals surface area (Å²) < 4.78 is 5.43. The van der Waals surface area contributed by atoms with Crippen molar-refractivity contribution in [3.8, 4) is 11.3 Å². The molecule has 1 amide bonds. The third kappa shape index (κ3) is 4.09. The zero-order valence-electron chi connectivity index (χ0n) is 14.9. The Hall–Kier alpha value is -2.92. The molecule has 0 aliphatic heterocycles. The average molecular weight is 362 g/mol. The van der Waals surface area contributed by atoms with Crippen molar-refractivity contribution in [3.63, 3.8) is 0 Å². The Balaban J connectivity index is 1.50. The summed E-state index contributed by atoms with van der Waals surface area (Å²) in [6.07, 6.45) is 7.06. The lowest BCUT2D eigenvalue weighted by molar-refractivity contribution is 0.0239. The van der Waals surface area contributed by atoms with Gasteiger partial charge in [0, 0.05) is 29.6 Å². The van der Waals surface area contributed by atoms with Crippen molar-refractivity contribution in [1.29, 1.82) is 0 Å². The number of rotatable bonds is 6. The van der Waals surface area contributed by atoms with Gasteiger partial charge in [0.2, 0.25) is 0 Å². The van der Waals surface area contributed by atoms with E-state index < -0.39 is 0 Å². The largest absolute Gasteiger partial charge is 0.464 e. The molecule has 5 nitrogen and oxygen atoms in total. The van der Waals surface area contributed by atoms with Gasteiger partial charge in [-0.05, 0) is 67.1 Å². The van der Waals surface area contributed by atoms with E-state index in [-0.39, 0.29) is 24.0 Å². The molecule has 27 heavy (non-hydrogen) atoms. The molecule has 1 aliphatic carbocycles. The van der Waals surface area contributed by atoms with Crippen LogP contribution in [0.5, 0.6) is 0 Å². The van der Waals surface area contributed by atoms with Crippen LogP contribution in [0.2, 0.25) is 0 Å². The lowest BCUT2D eigenvalue weighted by atomic mass is 9.75. The third-order valence-electron chi connectivity index (χ3n) is 5.17. The normalized spacial score (nSPS) is 19.9. The van der Waals surface area contributed by atoms with Crippen molar-refractivity contribution in [3.05, 3.63) is 78.3 Å². The average Bonchev–Trinajstić information content (AvgIpc) is 3.21. The number of nitrogens with zero attached hydrogens (tertiary/aromatic N) is 1. The molecule has 0 spiro atoms. The van der Waals surface area contributed by atoms with E-state index >= 15 is 0 Å². The molecule has 138 valence electrons. The predicted octanol–water partition coefficient (Wildman–Crippen LogP) is 3.45. The molecule has 3 aromatic rings. The van der Waals surface area contributed by atoms with Gasteiger partial charge in [-0.25, -0.2) is 0 Å². The summed E-state index contributed by atoms with van der Waals surface area (Å²) in [4.78, 5) is 16.9. The summed E-state index contributed by atoms with van der Waals surface area (Å²) in [5.41, 5.74) is 2.60. The fraction of sp³-hybridized carbons (Fsp3) is 0.273. The Labute approximate surface area is 158 Å². The Morgan fingerprint density at radius 3 is 2.70 bits per heavy atom. The molecule has 2 aromatic heterocycles. The van der Waals surface area contributed by atoms with Gasteiger partial charge in [0.15, 0.2) is 0 Å². The van der Waals surface area contributed by atoms with Crippen LogP contribution in [0.4, 0.5) is 0 Å². The fourth-order valence-corrected chi connectivity index (χ4v) is 3.58. The highest BCUT2D eigenvalue weighted by atomic mass is 16.3. The molecule has 0 unspecified atom stereocenters. The van der Waals surface area contributed by atoms with E-state index in [0.29, 0.717) is 5.56 Å². The van der Waals surface area contributed by atoms with Gasteiger partial charge in [0.05, 0.1) is 12.4 Å². The Kier molecular flexibility index (Phi) is 5.03. The topological polar surface area (TPSA) is 75.4 Å². The van der Waals surface area contributed by atoms with Crippen LogP contribution in [-0.4, -0.2) is 28.1 Å². The van der Waals surface area contributed by atoms with Crippen LogP contribution in [0, 0.1) is 5.92 Å². The molecule has 0 bridgehead atoms. The van der Waals surface area contributed by atoms with Crippen molar-refractivity contribution in [2.24, 2.45) is 5.92 Å². The molecule has 1 atom stereocenters. The number of hydrogen-bond acceptors (Lipinski definition) is 4. The monoisotopic (exact) mass is 362 g/mol. The minimum Gasteiger partial charge on any atom is -0.464 e. The van der Waals surface area contributed by atoms with Crippen LogP contribution in [-0.2, 0) is 6.42 Å². The number of aromatic nitrogens is 1. The zero-order chi connectivity index (χ0) is 18.6. The molecule has 1 aliphatic rings. The first-order valence-corrected chi connectivity index (χ1v) is 9.21. The number of pyridine rings is 1. The second kappa shape index (κ2) is 7.76. The fourth-order valence-electron chi connectivity index (χ4n) is 3.58. The quantitative estimate of drug-likeness (QED) is 0.704. The number of hydrogen-bond donors (Lipinski definition) is 2. The van der Waals surface area contributed by atoms with Gasteiger partial charge in [-0.1, -0.05) is 12.1 Å². The van der Waals surface area contributed by atoms with Gasteiger partial charge in [0.25, 0.3) is 5.91 Å². The van der Waals surface area contributed by atoms with Crippen molar-refractivity contribution >= 4 is 5.91 Å². The van der Waals surface area contributed by atoms with Gasteiger partial charge in [-0.3, -0.25) is 9.78 Å². The van der Waals surface area contributed by atoms with Crippen LogP contribution < -0.4 is 5.32 Å². The zero-order valence-corrected chi connectivity index (χ0v) is 14.9. The number of benzene rings is 1.